The van der Waals surface area contributed by atoms with Crippen molar-refractivity contribution in [2.24, 2.45) is 4.99 Å². The fourth-order valence-corrected chi connectivity index (χ4v) is 6.19. The van der Waals surface area contributed by atoms with Gasteiger partial charge in [-0.3, -0.25) is 9.69 Å². The number of rotatable bonds is 3. The van der Waals surface area contributed by atoms with Gasteiger partial charge in [-0.05, 0) is 54.9 Å². The van der Waals surface area contributed by atoms with Crippen molar-refractivity contribution in [1.29, 1.82) is 0 Å². The first kappa shape index (κ1) is 20.9. The van der Waals surface area contributed by atoms with Gasteiger partial charge in [0.1, 0.15) is 4.91 Å². The minimum atomic E-state index is 0.00419. The van der Waals surface area contributed by atoms with Crippen LogP contribution in [0.25, 0.3) is 0 Å². The first-order valence-corrected chi connectivity index (χ1v) is 12.1. The molecule has 0 atom stereocenters. The maximum atomic E-state index is 13.7. The molecule has 0 radical (unpaired) electrons. The average molecular weight is 458 g/mol. The van der Waals surface area contributed by atoms with Crippen molar-refractivity contribution in [3.63, 3.8) is 0 Å². The molecule has 2 aliphatic rings. The zero-order valence-electron chi connectivity index (χ0n) is 18.2. The summed E-state index contributed by atoms with van der Waals surface area (Å²) in [6, 6.07) is 24.5. The first-order valence-electron chi connectivity index (χ1n) is 10.5. The monoisotopic (exact) mass is 457 g/mol. The predicted octanol–water partition coefficient (Wildman–Crippen LogP) is 6.48. The Labute approximate surface area is 197 Å². The van der Waals surface area contributed by atoms with Crippen LogP contribution in [0.3, 0.4) is 0 Å². The number of thioether (sulfide) groups is 2. The number of fused-ring (bicyclic) bond motifs is 1. The van der Waals surface area contributed by atoms with Gasteiger partial charge in [0.15, 0.2) is 5.17 Å². The number of aryl methyl sites for hydroxylation is 2. The quantitative estimate of drug-likeness (QED) is 0.422. The molecule has 0 saturated carbocycles. The minimum absolute atomic E-state index is 0.00419. The summed E-state index contributed by atoms with van der Waals surface area (Å²) in [6.45, 7) is 4.63. The van der Waals surface area contributed by atoms with Gasteiger partial charge in [0.05, 0.1) is 22.9 Å². The molecular weight excluding hydrogens is 434 g/mol. The molecule has 2 heterocycles. The minimum Gasteiger partial charge on any atom is -0.337 e. The second-order valence-corrected chi connectivity index (χ2v) is 9.93. The predicted molar refractivity (Wildman–Crippen MR) is 135 cm³/mol. The summed E-state index contributed by atoms with van der Waals surface area (Å²) in [6.07, 6.45) is 0. The van der Waals surface area contributed by atoms with Crippen LogP contribution in [0.15, 0.2) is 92.6 Å². The Morgan fingerprint density at radius 1 is 0.906 bits per heavy atom. The zero-order chi connectivity index (χ0) is 22.2. The number of hydrogen-bond donors (Lipinski definition) is 0. The molecular formula is C26H23N3OS2. The Hall–Kier alpha value is -2.96. The largest absolute Gasteiger partial charge is 0.337 e. The Balaban J connectivity index is 1.57. The smallest absolute Gasteiger partial charge is 0.269 e. The molecule has 1 saturated heterocycles. The molecule has 0 bridgehead atoms. The van der Waals surface area contributed by atoms with Gasteiger partial charge < -0.3 is 4.90 Å². The molecule has 2 aliphatic heterocycles. The Kier molecular flexibility index (Phi) is 5.57. The fourth-order valence-electron chi connectivity index (χ4n) is 3.86. The Morgan fingerprint density at radius 3 is 2.41 bits per heavy atom. The highest BCUT2D eigenvalue weighted by Crippen LogP contribution is 2.50. The molecule has 0 aliphatic carbocycles. The molecule has 3 aromatic carbocycles. The second-order valence-electron chi connectivity index (χ2n) is 7.93. The van der Waals surface area contributed by atoms with E-state index in [4.69, 9.17) is 4.99 Å². The van der Waals surface area contributed by atoms with E-state index in [2.05, 4.69) is 43.0 Å². The molecule has 1 fully saturated rings. The number of amidine groups is 1. The number of carbonyl (C=O) groups excluding carboxylic acids is 1. The number of para-hydroxylation sites is 1. The third-order valence-corrected chi connectivity index (χ3v) is 7.98. The summed E-state index contributed by atoms with van der Waals surface area (Å²) < 4.78 is 0. The van der Waals surface area contributed by atoms with Gasteiger partial charge in [-0.1, -0.05) is 71.9 Å². The van der Waals surface area contributed by atoms with E-state index in [0.29, 0.717) is 6.54 Å². The van der Waals surface area contributed by atoms with Crippen LogP contribution in [-0.4, -0.2) is 23.0 Å². The number of hydrogen-bond acceptors (Lipinski definition) is 5. The summed E-state index contributed by atoms with van der Waals surface area (Å²) >= 11 is 3.12. The van der Waals surface area contributed by atoms with E-state index >= 15 is 0 Å². The van der Waals surface area contributed by atoms with Crippen LogP contribution in [0.4, 0.5) is 11.4 Å². The van der Waals surface area contributed by atoms with E-state index in [1.54, 1.807) is 16.7 Å². The highest BCUT2D eigenvalue weighted by atomic mass is 32.2. The van der Waals surface area contributed by atoms with Crippen LogP contribution in [0, 0.1) is 13.8 Å². The molecule has 32 heavy (non-hydrogen) atoms. The molecule has 160 valence electrons. The molecule has 1 amide bonds. The maximum absolute atomic E-state index is 13.7. The molecule has 0 N–H and O–H groups in total. The van der Waals surface area contributed by atoms with Crippen LogP contribution < -0.4 is 4.90 Å². The van der Waals surface area contributed by atoms with Gasteiger partial charge in [-0.25, -0.2) is 4.99 Å². The van der Waals surface area contributed by atoms with Crippen molar-refractivity contribution in [1.82, 2.24) is 4.90 Å². The molecule has 0 spiro atoms. The standard InChI is InChI=1S/C26H23N3OS2/c1-17-13-14-20(18(2)15-17)27-26-29(16-19-9-5-4-6-10-19)24(30)23(32-26)25-28(3)21-11-7-8-12-22(21)31-25/h4-15H,16H2,1-3H3/b25-23-,27-26?. The molecule has 0 unspecified atom stereocenters. The van der Waals surface area contributed by atoms with E-state index in [0.717, 1.165) is 37.6 Å². The van der Waals surface area contributed by atoms with E-state index < -0.39 is 0 Å². The zero-order valence-corrected chi connectivity index (χ0v) is 19.8. The van der Waals surface area contributed by atoms with Gasteiger partial charge in [0, 0.05) is 11.9 Å². The maximum Gasteiger partial charge on any atom is 0.269 e. The van der Waals surface area contributed by atoms with Gasteiger partial charge >= 0.3 is 0 Å². The van der Waals surface area contributed by atoms with Gasteiger partial charge in [-0.15, -0.1) is 0 Å². The number of nitrogens with zero attached hydrogens (tertiary/aromatic N) is 3. The highest BCUT2D eigenvalue weighted by Gasteiger charge is 2.39. The van der Waals surface area contributed by atoms with Gasteiger partial charge in [0.2, 0.25) is 0 Å². The van der Waals surface area contributed by atoms with Gasteiger partial charge in [0.25, 0.3) is 5.91 Å². The Morgan fingerprint density at radius 2 is 1.66 bits per heavy atom. The third-order valence-electron chi connectivity index (χ3n) is 5.55. The number of aliphatic imine (C=N–C) groups is 1. The molecule has 5 rings (SSSR count). The average Bonchev–Trinajstić information content (AvgIpc) is 3.28. The lowest BCUT2D eigenvalue weighted by molar-refractivity contribution is -0.122. The second kappa shape index (κ2) is 8.52. The summed E-state index contributed by atoms with van der Waals surface area (Å²) in [5.74, 6) is 0.00419. The highest BCUT2D eigenvalue weighted by molar-refractivity contribution is 8.19. The SMILES string of the molecule is Cc1ccc(N=C2S/C(=C3\Sc4ccccc4N3C)C(=O)N2Cc2ccccc2)c(C)c1. The van der Waals surface area contributed by atoms with Gasteiger partial charge in [-0.2, -0.15) is 0 Å². The molecule has 6 heteroatoms. The van der Waals surface area contributed by atoms with E-state index in [1.165, 1.54) is 22.2 Å². The van der Waals surface area contributed by atoms with E-state index in [9.17, 15) is 4.79 Å². The lowest BCUT2D eigenvalue weighted by Gasteiger charge is -2.17. The molecule has 4 nitrogen and oxygen atoms in total. The Bertz CT molecular complexity index is 1270. The summed E-state index contributed by atoms with van der Waals surface area (Å²) in [4.78, 5) is 24.4. The number of benzene rings is 3. The molecule has 0 aromatic heterocycles. The van der Waals surface area contributed by atoms with Crippen molar-refractivity contribution < 1.29 is 4.79 Å². The number of anilines is 1. The van der Waals surface area contributed by atoms with Crippen molar-refractivity contribution >= 4 is 46.0 Å². The van der Waals surface area contributed by atoms with Crippen LogP contribution in [0.1, 0.15) is 16.7 Å². The van der Waals surface area contributed by atoms with E-state index in [1.807, 2.05) is 55.6 Å². The van der Waals surface area contributed by atoms with Crippen LogP contribution in [0.5, 0.6) is 0 Å². The summed E-state index contributed by atoms with van der Waals surface area (Å²) in [5, 5.41) is 1.68. The van der Waals surface area contributed by atoms with Crippen molar-refractivity contribution in [3.05, 3.63) is 99.4 Å². The third kappa shape index (κ3) is 3.85. The number of amides is 1. The molecule has 3 aromatic rings. The lowest BCUT2D eigenvalue weighted by Crippen LogP contribution is -2.29. The van der Waals surface area contributed by atoms with Crippen LogP contribution in [0.2, 0.25) is 0 Å². The summed E-state index contributed by atoms with van der Waals surface area (Å²) in [5.41, 5.74) is 5.41. The van der Waals surface area contributed by atoms with Crippen molar-refractivity contribution in [2.75, 3.05) is 11.9 Å². The van der Waals surface area contributed by atoms with Crippen molar-refractivity contribution in [2.45, 2.75) is 25.3 Å². The fraction of sp³-hybridized carbons (Fsp3) is 0.154. The topological polar surface area (TPSA) is 35.9 Å². The van der Waals surface area contributed by atoms with Crippen LogP contribution in [-0.2, 0) is 11.3 Å². The van der Waals surface area contributed by atoms with Crippen molar-refractivity contribution in [3.8, 4) is 0 Å². The van der Waals surface area contributed by atoms with E-state index in [-0.39, 0.29) is 5.91 Å². The summed E-state index contributed by atoms with van der Waals surface area (Å²) in [7, 11) is 2.02. The lowest BCUT2D eigenvalue weighted by atomic mass is 10.1. The first-order chi connectivity index (χ1) is 15.5. The number of carbonyl (C=O) groups is 1. The van der Waals surface area contributed by atoms with Crippen LogP contribution >= 0.6 is 23.5 Å². The normalized spacial score (nSPS) is 19.2.